The number of carbonyl (C=O) groups is 1. The molecular formula is C19H16FNOS2. The molecule has 0 atom stereocenters. The van der Waals surface area contributed by atoms with E-state index < -0.39 is 0 Å². The first kappa shape index (κ1) is 16.7. The Kier molecular flexibility index (Phi) is 5.67. The second-order valence-corrected chi connectivity index (χ2v) is 7.02. The van der Waals surface area contributed by atoms with Gasteiger partial charge in [-0.15, -0.1) is 11.8 Å². The molecule has 1 amide bonds. The lowest BCUT2D eigenvalue weighted by atomic mass is 10.0. The number of amides is 1. The van der Waals surface area contributed by atoms with Crippen LogP contribution >= 0.6 is 23.1 Å². The molecule has 5 heteroatoms. The lowest BCUT2D eigenvalue weighted by Gasteiger charge is -2.10. The number of nitrogens with one attached hydrogen (secondary N) is 1. The van der Waals surface area contributed by atoms with Gasteiger partial charge in [-0.3, -0.25) is 4.79 Å². The second-order valence-electron chi connectivity index (χ2n) is 5.19. The Hall–Kier alpha value is -2.11. The molecule has 0 radical (unpaired) electrons. The standard InChI is InChI=1S/C19H16FNOS2/c20-16-5-7-17(8-6-16)24-13-19(22)21-11-14-3-1-2-4-18(14)15-9-10-23-12-15/h1-10,12H,11,13H2,(H,21,22). The van der Waals surface area contributed by atoms with E-state index in [9.17, 15) is 9.18 Å². The van der Waals surface area contributed by atoms with Crippen LogP contribution in [0.5, 0.6) is 0 Å². The van der Waals surface area contributed by atoms with Crippen molar-refractivity contribution in [3.8, 4) is 11.1 Å². The Morgan fingerprint density at radius 3 is 2.62 bits per heavy atom. The minimum atomic E-state index is -0.270. The van der Waals surface area contributed by atoms with Gasteiger partial charge in [0, 0.05) is 11.4 Å². The van der Waals surface area contributed by atoms with Gasteiger partial charge in [0.05, 0.1) is 5.75 Å². The largest absolute Gasteiger partial charge is 0.351 e. The summed E-state index contributed by atoms with van der Waals surface area (Å²) in [4.78, 5) is 12.9. The number of carbonyl (C=O) groups excluding carboxylic acids is 1. The summed E-state index contributed by atoms with van der Waals surface area (Å²) < 4.78 is 12.9. The lowest BCUT2D eigenvalue weighted by molar-refractivity contribution is -0.118. The minimum absolute atomic E-state index is 0.0375. The monoisotopic (exact) mass is 357 g/mol. The molecule has 2 nitrogen and oxygen atoms in total. The van der Waals surface area contributed by atoms with Crippen LogP contribution in [0.15, 0.2) is 70.3 Å². The van der Waals surface area contributed by atoms with Crippen LogP contribution in [0.1, 0.15) is 5.56 Å². The zero-order valence-corrected chi connectivity index (χ0v) is 14.5. The normalized spacial score (nSPS) is 10.5. The zero-order valence-electron chi connectivity index (χ0n) is 12.9. The van der Waals surface area contributed by atoms with Crippen LogP contribution in [0.3, 0.4) is 0 Å². The summed E-state index contributed by atoms with van der Waals surface area (Å²) in [6.45, 7) is 0.495. The molecule has 3 rings (SSSR count). The molecule has 0 bridgehead atoms. The smallest absolute Gasteiger partial charge is 0.230 e. The van der Waals surface area contributed by atoms with Crippen molar-refractivity contribution < 1.29 is 9.18 Å². The van der Waals surface area contributed by atoms with Gasteiger partial charge in [0.1, 0.15) is 5.82 Å². The van der Waals surface area contributed by atoms with E-state index in [2.05, 4.69) is 22.8 Å². The van der Waals surface area contributed by atoms with Crippen LogP contribution in [0.4, 0.5) is 4.39 Å². The van der Waals surface area contributed by atoms with Gasteiger partial charge in [-0.05, 0) is 57.8 Å². The minimum Gasteiger partial charge on any atom is -0.351 e. The van der Waals surface area contributed by atoms with E-state index in [-0.39, 0.29) is 11.7 Å². The van der Waals surface area contributed by atoms with Crippen molar-refractivity contribution in [3.05, 3.63) is 76.7 Å². The first-order chi connectivity index (χ1) is 11.7. The predicted octanol–water partition coefficient (Wildman–Crippen LogP) is 4.96. The van der Waals surface area contributed by atoms with Gasteiger partial charge in [-0.2, -0.15) is 11.3 Å². The molecule has 1 heterocycles. The molecule has 1 N–H and O–H groups in total. The van der Waals surface area contributed by atoms with Crippen molar-refractivity contribution in [2.45, 2.75) is 11.4 Å². The summed E-state index contributed by atoms with van der Waals surface area (Å²) >= 11 is 3.05. The van der Waals surface area contributed by atoms with E-state index in [1.807, 2.05) is 23.6 Å². The lowest BCUT2D eigenvalue weighted by Crippen LogP contribution is -2.24. The van der Waals surface area contributed by atoms with Gasteiger partial charge in [0.15, 0.2) is 0 Å². The molecule has 24 heavy (non-hydrogen) atoms. The molecule has 0 aliphatic rings. The van der Waals surface area contributed by atoms with Crippen molar-refractivity contribution >= 4 is 29.0 Å². The summed E-state index contributed by atoms with van der Waals surface area (Å²) in [5.41, 5.74) is 3.41. The van der Waals surface area contributed by atoms with Crippen LogP contribution in [-0.2, 0) is 11.3 Å². The molecule has 0 saturated heterocycles. The number of hydrogen-bond acceptors (Lipinski definition) is 3. The van der Waals surface area contributed by atoms with E-state index in [1.165, 1.54) is 29.5 Å². The maximum Gasteiger partial charge on any atom is 0.230 e. The fraction of sp³-hybridized carbons (Fsp3) is 0.105. The highest BCUT2D eigenvalue weighted by Crippen LogP contribution is 2.25. The zero-order chi connectivity index (χ0) is 16.8. The maximum absolute atomic E-state index is 12.9. The van der Waals surface area contributed by atoms with Crippen molar-refractivity contribution in [2.75, 3.05) is 5.75 Å². The molecular weight excluding hydrogens is 341 g/mol. The number of thiophene rings is 1. The first-order valence-corrected chi connectivity index (χ1v) is 9.41. The number of halogens is 1. The molecule has 0 aliphatic heterocycles. The van der Waals surface area contributed by atoms with Crippen molar-refractivity contribution in [3.63, 3.8) is 0 Å². The van der Waals surface area contributed by atoms with Crippen LogP contribution in [-0.4, -0.2) is 11.7 Å². The van der Waals surface area contributed by atoms with Crippen LogP contribution in [0.2, 0.25) is 0 Å². The Morgan fingerprint density at radius 1 is 1.08 bits per heavy atom. The quantitative estimate of drug-likeness (QED) is 0.632. The van der Waals surface area contributed by atoms with Gasteiger partial charge < -0.3 is 5.32 Å². The Bertz CT molecular complexity index is 800. The highest BCUT2D eigenvalue weighted by atomic mass is 32.2. The molecule has 1 aromatic heterocycles. The predicted molar refractivity (Wildman–Crippen MR) is 98.7 cm³/mol. The van der Waals surface area contributed by atoms with Gasteiger partial charge in [-0.1, -0.05) is 24.3 Å². The van der Waals surface area contributed by atoms with Crippen LogP contribution < -0.4 is 5.32 Å². The summed E-state index contributed by atoms with van der Waals surface area (Å²) in [7, 11) is 0. The van der Waals surface area contributed by atoms with Gasteiger partial charge in [-0.25, -0.2) is 4.39 Å². The molecule has 0 spiro atoms. The molecule has 0 fully saturated rings. The van der Waals surface area contributed by atoms with E-state index in [4.69, 9.17) is 0 Å². The van der Waals surface area contributed by atoms with Crippen molar-refractivity contribution in [2.24, 2.45) is 0 Å². The number of hydrogen-bond donors (Lipinski definition) is 1. The maximum atomic E-state index is 12.9. The van der Waals surface area contributed by atoms with E-state index in [0.29, 0.717) is 12.3 Å². The van der Waals surface area contributed by atoms with Crippen molar-refractivity contribution in [1.82, 2.24) is 5.32 Å². The SMILES string of the molecule is O=C(CSc1ccc(F)cc1)NCc1ccccc1-c1ccsc1. The van der Waals surface area contributed by atoms with Crippen LogP contribution in [0.25, 0.3) is 11.1 Å². The third-order valence-electron chi connectivity index (χ3n) is 3.51. The Balaban J connectivity index is 1.56. The van der Waals surface area contributed by atoms with E-state index >= 15 is 0 Å². The molecule has 3 aromatic rings. The number of rotatable bonds is 6. The van der Waals surface area contributed by atoms with Gasteiger partial charge in [0.2, 0.25) is 5.91 Å². The third kappa shape index (κ3) is 4.46. The average Bonchev–Trinajstić information content (AvgIpc) is 3.14. The second kappa shape index (κ2) is 8.13. The summed E-state index contributed by atoms with van der Waals surface area (Å²) in [6.07, 6.45) is 0. The highest BCUT2D eigenvalue weighted by molar-refractivity contribution is 8.00. The Labute approximate surface area is 148 Å². The number of thioether (sulfide) groups is 1. The van der Waals surface area contributed by atoms with E-state index in [0.717, 1.165) is 16.0 Å². The molecule has 0 unspecified atom stereocenters. The summed E-state index contributed by atoms with van der Waals surface area (Å²) in [5.74, 6) is 0.00461. The summed E-state index contributed by atoms with van der Waals surface area (Å²) in [6, 6.07) is 16.3. The van der Waals surface area contributed by atoms with Gasteiger partial charge >= 0.3 is 0 Å². The molecule has 0 aliphatic carbocycles. The fourth-order valence-corrected chi connectivity index (χ4v) is 3.68. The molecule has 2 aromatic carbocycles. The third-order valence-corrected chi connectivity index (χ3v) is 5.20. The van der Waals surface area contributed by atoms with E-state index in [1.54, 1.807) is 23.5 Å². The fourth-order valence-electron chi connectivity index (χ4n) is 2.30. The Morgan fingerprint density at radius 2 is 1.88 bits per heavy atom. The average molecular weight is 357 g/mol. The topological polar surface area (TPSA) is 29.1 Å². The molecule has 122 valence electrons. The van der Waals surface area contributed by atoms with Crippen LogP contribution in [0, 0.1) is 5.82 Å². The summed E-state index contributed by atoms with van der Waals surface area (Å²) in [5, 5.41) is 7.10. The number of benzene rings is 2. The van der Waals surface area contributed by atoms with Crippen molar-refractivity contribution in [1.29, 1.82) is 0 Å². The highest BCUT2D eigenvalue weighted by Gasteiger charge is 2.07. The van der Waals surface area contributed by atoms with Gasteiger partial charge in [0.25, 0.3) is 0 Å². The molecule has 0 saturated carbocycles. The first-order valence-electron chi connectivity index (χ1n) is 7.48.